The van der Waals surface area contributed by atoms with Crippen LogP contribution < -0.4 is 10.5 Å². The van der Waals surface area contributed by atoms with E-state index in [1.165, 1.54) is 0 Å². The van der Waals surface area contributed by atoms with E-state index in [2.05, 4.69) is 28.1 Å². The molecule has 19 heavy (non-hydrogen) atoms. The van der Waals surface area contributed by atoms with Gasteiger partial charge in [0.1, 0.15) is 11.9 Å². The Hall–Kier alpha value is -1.32. The van der Waals surface area contributed by atoms with Gasteiger partial charge in [0.2, 0.25) is 0 Å². The normalized spacial score (nSPS) is 13.9. The Morgan fingerprint density at radius 1 is 1.05 bits per heavy atom. The summed E-state index contributed by atoms with van der Waals surface area (Å²) in [7, 11) is 0. The van der Waals surface area contributed by atoms with Crippen LogP contribution in [-0.2, 0) is 0 Å². The van der Waals surface area contributed by atoms with Gasteiger partial charge in [-0.15, -0.1) is 0 Å². The number of benzene rings is 2. The van der Waals surface area contributed by atoms with E-state index in [1.807, 2.05) is 50.2 Å². The second-order valence-electron chi connectivity index (χ2n) is 4.64. The van der Waals surface area contributed by atoms with Crippen molar-refractivity contribution in [1.29, 1.82) is 0 Å². The molecule has 2 rings (SSSR count). The van der Waals surface area contributed by atoms with E-state index in [-0.39, 0.29) is 12.1 Å². The second-order valence-corrected chi connectivity index (χ2v) is 5.56. The van der Waals surface area contributed by atoms with Gasteiger partial charge in [0.25, 0.3) is 0 Å². The topological polar surface area (TPSA) is 35.2 Å². The third-order valence-electron chi connectivity index (χ3n) is 3.04. The Labute approximate surface area is 122 Å². The van der Waals surface area contributed by atoms with Crippen LogP contribution in [-0.4, -0.2) is 0 Å². The summed E-state index contributed by atoms with van der Waals surface area (Å²) < 4.78 is 7.06. The maximum Gasteiger partial charge on any atom is 0.126 e. The number of rotatable bonds is 4. The third-order valence-corrected chi connectivity index (χ3v) is 3.53. The van der Waals surface area contributed by atoms with Crippen molar-refractivity contribution < 1.29 is 4.74 Å². The molecular formula is C16H18BrNO. The number of hydrogen-bond acceptors (Lipinski definition) is 2. The molecular weight excluding hydrogens is 302 g/mol. The minimum atomic E-state index is -0.0499. The summed E-state index contributed by atoms with van der Waals surface area (Å²) in [6, 6.07) is 16.1. The molecule has 0 spiro atoms. The molecule has 0 aromatic heterocycles. The first-order valence-electron chi connectivity index (χ1n) is 6.34. The van der Waals surface area contributed by atoms with E-state index in [9.17, 15) is 0 Å². The largest absolute Gasteiger partial charge is 0.486 e. The smallest absolute Gasteiger partial charge is 0.126 e. The van der Waals surface area contributed by atoms with Crippen LogP contribution in [0.3, 0.4) is 0 Å². The van der Waals surface area contributed by atoms with Gasteiger partial charge in [-0.2, -0.15) is 0 Å². The highest BCUT2D eigenvalue weighted by atomic mass is 79.9. The first kappa shape index (κ1) is 14.1. The average Bonchev–Trinajstić information content (AvgIpc) is 2.39. The molecule has 0 aliphatic carbocycles. The first-order chi connectivity index (χ1) is 9.08. The van der Waals surface area contributed by atoms with Gasteiger partial charge in [-0.1, -0.05) is 52.3 Å². The maximum atomic E-state index is 6.06. The number of nitrogens with two attached hydrogens (primary N) is 1. The fourth-order valence-electron chi connectivity index (χ4n) is 1.97. The highest BCUT2D eigenvalue weighted by Gasteiger charge is 2.13. The van der Waals surface area contributed by atoms with Crippen LogP contribution in [0.15, 0.2) is 53.0 Å². The molecule has 1 unspecified atom stereocenters. The lowest BCUT2D eigenvalue weighted by atomic mass is 10.1. The van der Waals surface area contributed by atoms with E-state index in [1.54, 1.807) is 0 Å². The zero-order valence-corrected chi connectivity index (χ0v) is 12.7. The van der Waals surface area contributed by atoms with Gasteiger partial charge >= 0.3 is 0 Å². The van der Waals surface area contributed by atoms with E-state index >= 15 is 0 Å². The fourth-order valence-corrected chi connectivity index (χ4v) is 2.31. The van der Waals surface area contributed by atoms with Gasteiger partial charge in [0.15, 0.2) is 0 Å². The molecule has 2 N–H and O–H groups in total. The van der Waals surface area contributed by atoms with E-state index in [4.69, 9.17) is 10.5 Å². The predicted molar refractivity (Wildman–Crippen MR) is 82.2 cm³/mol. The Morgan fingerprint density at radius 2 is 1.74 bits per heavy atom. The Morgan fingerprint density at radius 3 is 2.37 bits per heavy atom. The van der Waals surface area contributed by atoms with Crippen molar-refractivity contribution >= 4 is 15.9 Å². The van der Waals surface area contributed by atoms with Crippen LogP contribution >= 0.6 is 15.9 Å². The third kappa shape index (κ3) is 3.58. The summed E-state index contributed by atoms with van der Waals surface area (Å²) in [5.41, 5.74) is 8.15. The molecule has 2 aromatic rings. The quantitative estimate of drug-likeness (QED) is 0.893. The van der Waals surface area contributed by atoms with Gasteiger partial charge in [-0.05, 0) is 31.5 Å². The van der Waals surface area contributed by atoms with Gasteiger partial charge in [0, 0.05) is 16.1 Å². The molecule has 2 atom stereocenters. The van der Waals surface area contributed by atoms with Gasteiger partial charge in [-0.3, -0.25) is 0 Å². The van der Waals surface area contributed by atoms with E-state index in [0.29, 0.717) is 0 Å². The van der Waals surface area contributed by atoms with Crippen molar-refractivity contribution in [3.63, 3.8) is 0 Å². The van der Waals surface area contributed by atoms with Crippen molar-refractivity contribution in [2.75, 3.05) is 0 Å². The molecule has 0 aliphatic heterocycles. The minimum absolute atomic E-state index is 0.00648. The molecule has 2 aromatic carbocycles. The highest BCUT2D eigenvalue weighted by molar-refractivity contribution is 9.10. The van der Waals surface area contributed by atoms with Gasteiger partial charge < -0.3 is 10.5 Å². The Balaban J connectivity index is 2.25. The summed E-state index contributed by atoms with van der Waals surface area (Å²) in [5.74, 6) is 0.834. The zero-order valence-electron chi connectivity index (χ0n) is 11.1. The lowest BCUT2D eigenvalue weighted by Gasteiger charge is -2.19. The number of hydrogen-bond donors (Lipinski definition) is 1. The van der Waals surface area contributed by atoms with Crippen molar-refractivity contribution in [3.05, 3.63) is 64.1 Å². The minimum Gasteiger partial charge on any atom is -0.486 e. The lowest BCUT2D eigenvalue weighted by Crippen LogP contribution is -2.10. The van der Waals surface area contributed by atoms with E-state index < -0.39 is 0 Å². The van der Waals surface area contributed by atoms with Crippen molar-refractivity contribution in [3.8, 4) is 5.75 Å². The molecule has 0 saturated carbocycles. The lowest BCUT2D eigenvalue weighted by molar-refractivity contribution is 0.223. The molecule has 0 heterocycles. The predicted octanol–water partition coefficient (Wildman–Crippen LogP) is 4.61. The molecule has 100 valence electrons. The molecule has 0 radical (unpaired) electrons. The standard InChI is InChI=1S/C16H18BrNO/c1-11(18)15-9-8-14(17)10-16(15)19-12(2)13-6-4-3-5-7-13/h3-12H,18H2,1-2H3/t11-,12?/m1/s1. The van der Waals surface area contributed by atoms with Crippen LogP contribution in [0.1, 0.15) is 37.1 Å². The molecule has 0 aliphatic rings. The monoisotopic (exact) mass is 319 g/mol. The van der Waals surface area contributed by atoms with Crippen LogP contribution in [0.4, 0.5) is 0 Å². The number of halogens is 1. The second kappa shape index (κ2) is 6.22. The summed E-state index contributed by atoms with van der Waals surface area (Å²) >= 11 is 3.47. The molecule has 3 heteroatoms. The van der Waals surface area contributed by atoms with Gasteiger partial charge in [0.05, 0.1) is 0 Å². The summed E-state index contributed by atoms with van der Waals surface area (Å²) in [4.78, 5) is 0. The molecule has 0 fully saturated rings. The average molecular weight is 320 g/mol. The van der Waals surface area contributed by atoms with Crippen molar-refractivity contribution in [1.82, 2.24) is 0 Å². The summed E-state index contributed by atoms with van der Waals surface area (Å²) in [6.07, 6.45) is -0.00648. The summed E-state index contributed by atoms with van der Waals surface area (Å²) in [5, 5.41) is 0. The van der Waals surface area contributed by atoms with Crippen LogP contribution in [0.2, 0.25) is 0 Å². The van der Waals surface area contributed by atoms with Crippen molar-refractivity contribution in [2.24, 2.45) is 5.73 Å². The van der Waals surface area contributed by atoms with E-state index in [0.717, 1.165) is 21.3 Å². The van der Waals surface area contributed by atoms with Crippen LogP contribution in [0.5, 0.6) is 5.75 Å². The molecule has 0 bridgehead atoms. The zero-order chi connectivity index (χ0) is 13.8. The highest BCUT2D eigenvalue weighted by Crippen LogP contribution is 2.31. The molecule has 0 saturated heterocycles. The van der Waals surface area contributed by atoms with Gasteiger partial charge in [-0.25, -0.2) is 0 Å². The Bertz CT molecular complexity index is 540. The van der Waals surface area contributed by atoms with Crippen LogP contribution in [0.25, 0.3) is 0 Å². The number of ether oxygens (including phenoxy) is 1. The fraction of sp³-hybridized carbons (Fsp3) is 0.250. The van der Waals surface area contributed by atoms with Crippen LogP contribution in [0, 0.1) is 0 Å². The molecule has 0 amide bonds. The Kier molecular flexibility index (Phi) is 4.61. The summed E-state index contributed by atoms with van der Waals surface area (Å²) in [6.45, 7) is 4.00. The molecule has 2 nitrogen and oxygen atoms in total. The maximum absolute atomic E-state index is 6.06. The first-order valence-corrected chi connectivity index (χ1v) is 7.14. The van der Waals surface area contributed by atoms with Crippen molar-refractivity contribution in [2.45, 2.75) is 26.0 Å². The SMILES string of the molecule is CC(Oc1cc(Br)ccc1[C@@H](C)N)c1ccccc1.